The standard InChI is InChI=1S/C10H14N6/c11-9-14-7-5-12-10(16-8(7)15-9)13-6-3-1-2-4-6/h5-6H,1-4H2,(H4,11,12,13,14,15,16). The van der Waals surface area contributed by atoms with Gasteiger partial charge in [0.05, 0.1) is 6.20 Å². The molecule has 1 aliphatic carbocycles. The van der Waals surface area contributed by atoms with Crippen LogP contribution in [0.15, 0.2) is 6.20 Å². The van der Waals surface area contributed by atoms with Crippen LogP contribution in [0.25, 0.3) is 11.2 Å². The summed E-state index contributed by atoms with van der Waals surface area (Å²) in [5, 5.41) is 3.33. The molecule has 6 heteroatoms. The van der Waals surface area contributed by atoms with Crippen LogP contribution in [-0.2, 0) is 0 Å². The Hall–Kier alpha value is -1.85. The van der Waals surface area contributed by atoms with Crippen molar-refractivity contribution in [1.82, 2.24) is 19.9 Å². The van der Waals surface area contributed by atoms with Crippen LogP contribution < -0.4 is 11.1 Å². The molecule has 16 heavy (non-hydrogen) atoms. The third-order valence-electron chi connectivity index (χ3n) is 2.95. The molecule has 0 atom stereocenters. The molecule has 0 bridgehead atoms. The van der Waals surface area contributed by atoms with Crippen LogP contribution in [0, 0.1) is 0 Å². The van der Waals surface area contributed by atoms with Crippen molar-refractivity contribution in [3.63, 3.8) is 0 Å². The monoisotopic (exact) mass is 218 g/mol. The maximum Gasteiger partial charge on any atom is 0.224 e. The normalized spacial score (nSPS) is 17.0. The number of nitrogen functional groups attached to an aromatic ring is 1. The summed E-state index contributed by atoms with van der Waals surface area (Å²) < 4.78 is 0. The number of hydrogen-bond donors (Lipinski definition) is 3. The Balaban J connectivity index is 1.86. The number of rotatable bonds is 2. The number of aromatic amines is 1. The first-order valence-corrected chi connectivity index (χ1v) is 5.56. The van der Waals surface area contributed by atoms with Crippen molar-refractivity contribution in [1.29, 1.82) is 0 Å². The third kappa shape index (κ3) is 1.66. The summed E-state index contributed by atoms with van der Waals surface area (Å²) in [5.74, 6) is 1.03. The number of nitrogens with zero attached hydrogens (tertiary/aromatic N) is 3. The number of anilines is 2. The van der Waals surface area contributed by atoms with Crippen molar-refractivity contribution in [3.05, 3.63) is 6.20 Å². The lowest BCUT2D eigenvalue weighted by molar-refractivity contribution is 0.745. The fourth-order valence-electron chi connectivity index (χ4n) is 2.15. The second kappa shape index (κ2) is 3.62. The van der Waals surface area contributed by atoms with E-state index in [-0.39, 0.29) is 0 Å². The summed E-state index contributed by atoms with van der Waals surface area (Å²) in [6, 6.07) is 0.512. The van der Waals surface area contributed by atoms with Crippen LogP contribution in [0.5, 0.6) is 0 Å². The zero-order valence-electron chi connectivity index (χ0n) is 8.90. The van der Waals surface area contributed by atoms with Crippen LogP contribution in [0.4, 0.5) is 11.9 Å². The second-order valence-corrected chi connectivity index (χ2v) is 4.18. The molecule has 1 fully saturated rings. The topological polar surface area (TPSA) is 92.5 Å². The van der Waals surface area contributed by atoms with Gasteiger partial charge in [-0.15, -0.1) is 0 Å². The van der Waals surface area contributed by atoms with E-state index < -0.39 is 0 Å². The van der Waals surface area contributed by atoms with Crippen LogP contribution in [0.3, 0.4) is 0 Å². The van der Waals surface area contributed by atoms with Gasteiger partial charge < -0.3 is 16.0 Å². The number of hydrogen-bond acceptors (Lipinski definition) is 5. The summed E-state index contributed by atoms with van der Waals surface area (Å²) in [7, 11) is 0. The number of imidazole rings is 1. The van der Waals surface area contributed by atoms with Gasteiger partial charge in [-0.1, -0.05) is 12.8 Å². The van der Waals surface area contributed by atoms with Gasteiger partial charge in [-0.05, 0) is 12.8 Å². The number of aromatic nitrogens is 4. The first-order chi connectivity index (χ1) is 7.81. The lowest BCUT2D eigenvalue weighted by Gasteiger charge is -2.10. The summed E-state index contributed by atoms with van der Waals surface area (Å²) in [6.07, 6.45) is 6.67. The Morgan fingerprint density at radius 1 is 1.31 bits per heavy atom. The van der Waals surface area contributed by atoms with Crippen molar-refractivity contribution in [3.8, 4) is 0 Å². The molecule has 2 aromatic rings. The zero-order chi connectivity index (χ0) is 11.0. The molecule has 3 rings (SSSR count). The summed E-state index contributed by atoms with van der Waals surface area (Å²) >= 11 is 0. The summed E-state index contributed by atoms with van der Waals surface area (Å²) in [5.41, 5.74) is 6.94. The molecule has 2 heterocycles. The van der Waals surface area contributed by atoms with Crippen molar-refractivity contribution < 1.29 is 0 Å². The first-order valence-electron chi connectivity index (χ1n) is 5.56. The Morgan fingerprint density at radius 3 is 2.94 bits per heavy atom. The number of fused-ring (bicyclic) bond motifs is 1. The highest BCUT2D eigenvalue weighted by Crippen LogP contribution is 2.21. The van der Waals surface area contributed by atoms with Gasteiger partial charge in [0.2, 0.25) is 5.95 Å². The van der Waals surface area contributed by atoms with Crippen LogP contribution in [0.2, 0.25) is 0 Å². The van der Waals surface area contributed by atoms with E-state index in [1.54, 1.807) is 6.20 Å². The summed E-state index contributed by atoms with van der Waals surface area (Å²) in [4.78, 5) is 15.5. The molecular weight excluding hydrogens is 204 g/mol. The van der Waals surface area contributed by atoms with E-state index in [0.717, 1.165) is 0 Å². The molecule has 0 unspecified atom stereocenters. The van der Waals surface area contributed by atoms with Crippen molar-refractivity contribution >= 4 is 23.1 Å². The zero-order valence-corrected chi connectivity index (χ0v) is 8.90. The molecule has 1 aliphatic rings. The number of nitrogens with one attached hydrogen (secondary N) is 2. The molecule has 0 spiro atoms. The molecular formula is C10H14N6. The number of nitrogens with two attached hydrogens (primary N) is 1. The SMILES string of the molecule is Nc1nc2cnc(NC3CCCC3)nc2[nH]1. The molecule has 0 radical (unpaired) electrons. The maximum atomic E-state index is 5.55. The van der Waals surface area contributed by atoms with Gasteiger partial charge >= 0.3 is 0 Å². The average molecular weight is 218 g/mol. The maximum absolute atomic E-state index is 5.55. The predicted molar refractivity (Wildman–Crippen MR) is 62.0 cm³/mol. The van der Waals surface area contributed by atoms with Gasteiger partial charge in [0.15, 0.2) is 11.6 Å². The first kappa shape index (κ1) is 9.38. The average Bonchev–Trinajstić information content (AvgIpc) is 2.85. The van der Waals surface area contributed by atoms with Crippen molar-refractivity contribution in [2.45, 2.75) is 31.7 Å². The van der Waals surface area contributed by atoms with Crippen LogP contribution in [0.1, 0.15) is 25.7 Å². The summed E-state index contributed by atoms with van der Waals surface area (Å²) in [6.45, 7) is 0. The van der Waals surface area contributed by atoms with Gasteiger partial charge in [0.1, 0.15) is 5.52 Å². The Labute approximate surface area is 92.7 Å². The van der Waals surface area contributed by atoms with Gasteiger partial charge in [-0.3, -0.25) is 0 Å². The smallest absolute Gasteiger partial charge is 0.224 e. The largest absolute Gasteiger partial charge is 0.369 e. The Bertz CT molecular complexity index is 499. The third-order valence-corrected chi connectivity index (χ3v) is 2.95. The van der Waals surface area contributed by atoms with Crippen molar-refractivity contribution in [2.75, 3.05) is 11.1 Å². The van der Waals surface area contributed by atoms with E-state index in [9.17, 15) is 0 Å². The second-order valence-electron chi connectivity index (χ2n) is 4.18. The molecule has 1 saturated carbocycles. The fraction of sp³-hybridized carbons (Fsp3) is 0.500. The van der Waals surface area contributed by atoms with Crippen LogP contribution in [-0.4, -0.2) is 26.0 Å². The lowest BCUT2D eigenvalue weighted by Crippen LogP contribution is -2.16. The number of H-pyrrole nitrogens is 1. The molecule has 0 saturated heterocycles. The molecule has 0 amide bonds. The molecule has 2 aromatic heterocycles. The molecule has 0 aliphatic heterocycles. The molecule has 0 aromatic carbocycles. The van der Waals surface area contributed by atoms with E-state index in [0.29, 0.717) is 29.1 Å². The highest BCUT2D eigenvalue weighted by atomic mass is 15.2. The highest BCUT2D eigenvalue weighted by Gasteiger charge is 2.15. The van der Waals surface area contributed by atoms with Crippen molar-refractivity contribution in [2.24, 2.45) is 0 Å². The Morgan fingerprint density at radius 2 is 2.12 bits per heavy atom. The van der Waals surface area contributed by atoms with Crippen LogP contribution >= 0.6 is 0 Å². The van der Waals surface area contributed by atoms with E-state index in [4.69, 9.17) is 5.73 Å². The minimum absolute atomic E-state index is 0.377. The van der Waals surface area contributed by atoms with Gasteiger partial charge in [-0.25, -0.2) is 9.97 Å². The van der Waals surface area contributed by atoms with E-state index in [1.807, 2.05) is 0 Å². The predicted octanol–water partition coefficient (Wildman–Crippen LogP) is 1.29. The van der Waals surface area contributed by atoms with Gasteiger partial charge in [0, 0.05) is 6.04 Å². The van der Waals surface area contributed by atoms with E-state index in [2.05, 4.69) is 25.3 Å². The minimum Gasteiger partial charge on any atom is -0.369 e. The fourth-order valence-corrected chi connectivity index (χ4v) is 2.15. The lowest BCUT2D eigenvalue weighted by atomic mass is 10.2. The van der Waals surface area contributed by atoms with Gasteiger partial charge in [0.25, 0.3) is 0 Å². The molecule has 4 N–H and O–H groups in total. The highest BCUT2D eigenvalue weighted by molar-refractivity contribution is 5.72. The molecule has 6 nitrogen and oxygen atoms in total. The van der Waals surface area contributed by atoms with E-state index in [1.165, 1.54) is 25.7 Å². The minimum atomic E-state index is 0.377. The van der Waals surface area contributed by atoms with Gasteiger partial charge in [-0.2, -0.15) is 4.98 Å². The quantitative estimate of drug-likeness (QED) is 0.706. The Kier molecular flexibility index (Phi) is 2.12. The molecule has 84 valence electrons. The van der Waals surface area contributed by atoms with E-state index >= 15 is 0 Å².